The van der Waals surface area contributed by atoms with Crippen molar-refractivity contribution in [1.29, 1.82) is 5.41 Å². The van der Waals surface area contributed by atoms with Gasteiger partial charge in [0.25, 0.3) is 0 Å². The molecule has 4 rings (SSSR count). The molecule has 0 radical (unpaired) electrons. The summed E-state index contributed by atoms with van der Waals surface area (Å²) in [5.41, 5.74) is 1.78. The Balaban J connectivity index is 1.87. The first-order chi connectivity index (χ1) is 19.1. The first kappa shape index (κ1) is 28.1. The molecule has 0 atom stereocenters. The van der Waals surface area contributed by atoms with Crippen LogP contribution in [0.5, 0.6) is 0 Å². The summed E-state index contributed by atoms with van der Waals surface area (Å²) < 4.78 is 37.9. The number of carbonyl (C=O) groups is 3. The van der Waals surface area contributed by atoms with Gasteiger partial charge in [-0.05, 0) is 48.4 Å². The summed E-state index contributed by atoms with van der Waals surface area (Å²) in [6.07, 6.45) is -0.526. The highest BCUT2D eigenvalue weighted by Gasteiger charge is 2.37. The van der Waals surface area contributed by atoms with Gasteiger partial charge in [0.05, 0.1) is 13.7 Å². The molecule has 1 aliphatic heterocycles. The number of rotatable bonds is 8. The summed E-state index contributed by atoms with van der Waals surface area (Å²) in [5, 5.41) is 14.6. The third kappa shape index (κ3) is 6.22. The van der Waals surface area contributed by atoms with Crippen LogP contribution in [0.3, 0.4) is 0 Å². The topological polar surface area (TPSA) is 134 Å². The number of carbonyl (C=O) groups excluding carboxylic acids is 3. The van der Waals surface area contributed by atoms with Gasteiger partial charge in [-0.15, -0.1) is 0 Å². The predicted molar refractivity (Wildman–Crippen MR) is 144 cm³/mol. The van der Waals surface area contributed by atoms with Gasteiger partial charge in [-0.3, -0.25) is 4.79 Å². The van der Waals surface area contributed by atoms with Gasteiger partial charge in [0.15, 0.2) is 5.69 Å². The second-order valence-corrected chi connectivity index (χ2v) is 9.03. The fourth-order valence-electron chi connectivity index (χ4n) is 4.29. The second kappa shape index (κ2) is 11.9. The number of pyridine rings is 1. The third-order valence-corrected chi connectivity index (χ3v) is 6.14. The molecule has 2 amide bonds. The van der Waals surface area contributed by atoms with Gasteiger partial charge in [0.1, 0.15) is 17.5 Å². The summed E-state index contributed by atoms with van der Waals surface area (Å²) in [5.74, 6) is -3.05. The maximum absolute atomic E-state index is 14.0. The molecule has 10 nitrogen and oxygen atoms in total. The van der Waals surface area contributed by atoms with Crippen LogP contribution in [0.4, 0.5) is 30.8 Å². The Morgan fingerprint density at radius 2 is 1.70 bits per heavy atom. The van der Waals surface area contributed by atoms with Gasteiger partial charge in [-0.25, -0.2) is 23.4 Å². The van der Waals surface area contributed by atoms with Gasteiger partial charge in [0, 0.05) is 54.6 Å². The van der Waals surface area contributed by atoms with E-state index < -0.39 is 29.6 Å². The summed E-state index contributed by atoms with van der Waals surface area (Å²) in [7, 11) is 1.27. The average Bonchev–Trinajstić information content (AvgIpc) is 2.86. The third-order valence-electron chi connectivity index (χ3n) is 6.14. The molecule has 0 aliphatic carbocycles. The SMILES string of the molecule is CCOC(=O)c1cc(-c2ccc(NC(C)=O)cc2)c(C(=N)C2CN(C(=O)OC)C2)c(Nc2cc(F)cc(F)c2)n1. The Hall–Kier alpha value is -4.87. The second-order valence-electron chi connectivity index (χ2n) is 9.03. The number of halogens is 2. The van der Waals surface area contributed by atoms with Gasteiger partial charge in [-0.1, -0.05) is 12.1 Å². The fourth-order valence-corrected chi connectivity index (χ4v) is 4.29. The van der Waals surface area contributed by atoms with E-state index in [1.807, 2.05) is 0 Å². The molecule has 208 valence electrons. The zero-order valence-electron chi connectivity index (χ0n) is 22.0. The molecule has 12 heteroatoms. The van der Waals surface area contributed by atoms with Crippen LogP contribution in [0.25, 0.3) is 11.1 Å². The van der Waals surface area contributed by atoms with Crippen molar-refractivity contribution in [3.8, 4) is 11.1 Å². The summed E-state index contributed by atoms with van der Waals surface area (Å²) in [6.45, 7) is 3.52. The number of methoxy groups -OCH3 is 1. The van der Waals surface area contributed by atoms with E-state index in [4.69, 9.17) is 14.9 Å². The summed E-state index contributed by atoms with van der Waals surface area (Å²) in [4.78, 5) is 41.9. The van der Waals surface area contributed by atoms with Crippen LogP contribution in [0.2, 0.25) is 0 Å². The number of esters is 1. The molecular formula is C28H27F2N5O5. The molecule has 40 heavy (non-hydrogen) atoms. The van der Waals surface area contributed by atoms with Crippen LogP contribution in [0.15, 0.2) is 48.5 Å². The molecule has 2 aromatic carbocycles. The van der Waals surface area contributed by atoms with E-state index in [1.54, 1.807) is 31.2 Å². The number of benzene rings is 2. The lowest BCUT2D eigenvalue weighted by Gasteiger charge is -2.38. The number of nitrogens with one attached hydrogen (secondary N) is 3. The van der Waals surface area contributed by atoms with Crippen molar-refractivity contribution in [2.24, 2.45) is 5.92 Å². The van der Waals surface area contributed by atoms with E-state index in [0.29, 0.717) is 22.9 Å². The highest BCUT2D eigenvalue weighted by atomic mass is 19.1. The average molecular weight is 552 g/mol. The lowest BCUT2D eigenvalue weighted by atomic mass is 9.86. The molecule has 3 N–H and O–H groups in total. The van der Waals surface area contributed by atoms with Crippen LogP contribution < -0.4 is 10.6 Å². The predicted octanol–water partition coefficient (Wildman–Crippen LogP) is 4.97. The first-order valence-corrected chi connectivity index (χ1v) is 12.3. The monoisotopic (exact) mass is 551 g/mol. The molecular weight excluding hydrogens is 524 g/mol. The normalized spacial score (nSPS) is 12.8. The number of nitrogens with zero attached hydrogens (tertiary/aromatic N) is 2. The van der Waals surface area contributed by atoms with Crippen molar-refractivity contribution < 1.29 is 32.6 Å². The van der Waals surface area contributed by atoms with Gasteiger partial charge in [-0.2, -0.15) is 0 Å². The molecule has 0 unspecified atom stereocenters. The largest absolute Gasteiger partial charge is 0.461 e. The number of hydrogen-bond donors (Lipinski definition) is 3. The van der Waals surface area contributed by atoms with Crippen LogP contribution in [0, 0.1) is 23.0 Å². The molecule has 0 saturated carbocycles. The molecule has 1 aromatic heterocycles. The van der Waals surface area contributed by atoms with Gasteiger partial charge in [0.2, 0.25) is 5.91 Å². The quantitative estimate of drug-likeness (QED) is 0.266. The van der Waals surface area contributed by atoms with E-state index in [0.717, 1.165) is 12.1 Å². The zero-order chi connectivity index (χ0) is 29.0. The molecule has 1 fully saturated rings. The number of anilines is 3. The molecule has 2 heterocycles. The van der Waals surface area contributed by atoms with E-state index in [-0.39, 0.29) is 54.1 Å². The highest BCUT2D eigenvalue weighted by molar-refractivity contribution is 6.11. The maximum Gasteiger partial charge on any atom is 0.409 e. The Labute approximate surface area is 228 Å². The van der Waals surface area contributed by atoms with E-state index in [1.165, 1.54) is 25.0 Å². The summed E-state index contributed by atoms with van der Waals surface area (Å²) in [6, 6.07) is 11.0. The van der Waals surface area contributed by atoms with Crippen molar-refractivity contribution in [3.05, 3.63) is 71.4 Å². The number of aromatic nitrogens is 1. The lowest BCUT2D eigenvalue weighted by Crippen LogP contribution is -2.53. The van der Waals surface area contributed by atoms with Crippen molar-refractivity contribution in [2.75, 3.05) is 37.4 Å². The molecule has 1 saturated heterocycles. The molecule has 0 bridgehead atoms. The molecule has 1 aliphatic rings. The Kier molecular flexibility index (Phi) is 8.37. The van der Waals surface area contributed by atoms with Crippen molar-refractivity contribution >= 4 is 40.9 Å². The Morgan fingerprint density at radius 1 is 1.05 bits per heavy atom. The van der Waals surface area contributed by atoms with Crippen molar-refractivity contribution in [2.45, 2.75) is 13.8 Å². The Morgan fingerprint density at radius 3 is 2.27 bits per heavy atom. The smallest absolute Gasteiger partial charge is 0.409 e. The van der Waals surface area contributed by atoms with E-state index in [9.17, 15) is 23.2 Å². The zero-order valence-corrected chi connectivity index (χ0v) is 22.0. The maximum atomic E-state index is 14.0. The minimum absolute atomic E-state index is 0.00184. The standard InChI is InChI=1S/C28H27F2N5O5/c1-4-40-27(37)23-12-22(16-5-7-20(8-6-16)32-15(2)36)24(25(31)17-13-35(14-17)28(38)39-3)26(34-23)33-21-10-18(29)9-19(30)11-21/h5-12,17,31H,4,13-14H2,1-3H3,(H,32,36)(H,33,34). The molecule has 3 aromatic rings. The van der Waals surface area contributed by atoms with Crippen LogP contribution in [-0.4, -0.2) is 60.4 Å². The minimum atomic E-state index is -0.831. The van der Waals surface area contributed by atoms with Gasteiger partial charge < -0.3 is 30.4 Å². The van der Waals surface area contributed by atoms with Crippen LogP contribution in [0.1, 0.15) is 29.9 Å². The fraction of sp³-hybridized carbons (Fsp3) is 0.250. The van der Waals surface area contributed by atoms with Crippen molar-refractivity contribution in [1.82, 2.24) is 9.88 Å². The number of amides is 2. The minimum Gasteiger partial charge on any atom is -0.461 e. The number of hydrogen-bond acceptors (Lipinski definition) is 8. The highest BCUT2D eigenvalue weighted by Crippen LogP contribution is 2.36. The number of likely N-dealkylation sites (tertiary alicyclic amines) is 1. The Bertz CT molecular complexity index is 1450. The molecule has 0 spiro atoms. The van der Waals surface area contributed by atoms with Crippen molar-refractivity contribution in [3.63, 3.8) is 0 Å². The van der Waals surface area contributed by atoms with Gasteiger partial charge >= 0.3 is 12.1 Å². The first-order valence-electron chi connectivity index (χ1n) is 12.3. The number of ether oxygens (including phenoxy) is 2. The van der Waals surface area contributed by atoms with Crippen LogP contribution >= 0.6 is 0 Å². The van der Waals surface area contributed by atoms with E-state index >= 15 is 0 Å². The van der Waals surface area contributed by atoms with E-state index in [2.05, 4.69) is 15.6 Å². The van der Waals surface area contributed by atoms with Crippen LogP contribution in [-0.2, 0) is 14.3 Å². The summed E-state index contributed by atoms with van der Waals surface area (Å²) >= 11 is 0. The lowest BCUT2D eigenvalue weighted by molar-refractivity contribution is -0.114.